The molecule has 0 bridgehead atoms. The molecule has 2 rings (SSSR count). The first-order valence-corrected chi connectivity index (χ1v) is 8.02. The molecule has 2 N–H and O–H groups in total. The maximum Gasteiger partial charge on any atom is 0.332 e. The molecule has 1 aromatic rings. The molecule has 1 heterocycles. The maximum atomic E-state index is 13.1. The molecule has 1 saturated heterocycles. The van der Waals surface area contributed by atoms with Gasteiger partial charge in [0.1, 0.15) is 18.4 Å². The van der Waals surface area contributed by atoms with Gasteiger partial charge >= 0.3 is 12.1 Å². The number of urea groups is 2. The molecule has 1 aliphatic rings. The van der Waals surface area contributed by atoms with Crippen LogP contribution in [0.4, 0.5) is 19.7 Å². The Bertz CT molecular complexity index is 742. The number of nitrogens with zero attached hydrogens (tertiary/aromatic N) is 2. The number of halogens is 1. The van der Waals surface area contributed by atoms with Gasteiger partial charge in [-0.3, -0.25) is 24.7 Å². The summed E-state index contributed by atoms with van der Waals surface area (Å²) in [6.07, 6.45) is 0. The van der Waals surface area contributed by atoms with Crippen molar-refractivity contribution >= 4 is 29.6 Å². The van der Waals surface area contributed by atoms with Crippen LogP contribution in [0, 0.1) is 5.82 Å². The number of hydrogen-bond acceptors (Lipinski definition) is 4. The van der Waals surface area contributed by atoms with E-state index in [1.807, 2.05) is 0 Å². The molecular weight excluding hydrogens is 343 g/mol. The van der Waals surface area contributed by atoms with Crippen LogP contribution in [0.15, 0.2) is 24.3 Å². The van der Waals surface area contributed by atoms with E-state index >= 15 is 0 Å². The minimum atomic E-state index is -0.843. The lowest BCUT2D eigenvalue weighted by Gasteiger charge is -2.21. The molecule has 1 aromatic carbocycles. The van der Waals surface area contributed by atoms with Gasteiger partial charge < -0.3 is 5.32 Å². The number of anilines is 1. The van der Waals surface area contributed by atoms with Crippen molar-refractivity contribution in [3.05, 3.63) is 30.1 Å². The fraction of sp³-hybridized carbons (Fsp3) is 0.412. The summed E-state index contributed by atoms with van der Waals surface area (Å²) in [7, 11) is 0. The SMILES string of the molecule is C[C@H]1C(=O)N(CC(=O)NC(=O)NC(C)(C)C)C(=O)N1c1ccc(F)cc1. The van der Waals surface area contributed by atoms with E-state index in [1.165, 1.54) is 36.1 Å². The Labute approximate surface area is 150 Å². The molecule has 1 atom stereocenters. The third-order valence-corrected chi connectivity index (χ3v) is 3.60. The van der Waals surface area contributed by atoms with Crippen molar-refractivity contribution in [3.63, 3.8) is 0 Å². The van der Waals surface area contributed by atoms with Gasteiger partial charge in [-0.25, -0.2) is 14.0 Å². The van der Waals surface area contributed by atoms with E-state index in [9.17, 15) is 23.6 Å². The number of carbonyl (C=O) groups is 4. The van der Waals surface area contributed by atoms with Crippen LogP contribution in [0.3, 0.4) is 0 Å². The molecule has 26 heavy (non-hydrogen) atoms. The molecule has 1 fully saturated rings. The maximum absolute atomic E-state index is 13.1. The molecule has 0 unspecified atom stereocenters. The molecule has 0 saturated carbocycles. The van der Waals surface area contributed by atoms with E-state index in [2.05, 4.69) is 10.6 Å². The standard InChI is InChI=1S/C17H21FN4O4/c1-10-14(24)21(9-13(23)19-15(25)20-17(2,3)4)16(26)22(10)12-7-5-11(18)6-8-12/h5-8,10H,9H2,1-4H3,(H2,19,20,23,25)/t10-/m0/s1. The molecular formula is C17H21FN4O4. The van der Waals surface area contributed by atoms with Gasteiger partial charge in [-0.05, 0) is 52.0 Å². The van der Waals surface area contributed by atoms with Crippen molar-refractivity contribution < 1.29 is 23.6 Å². The third-order valence-electron chi connectivity index (χ3n) is 3.60. The van der Waals surface area contributed by atoms with Crippen LogP contribution >= 0.6 is 0 Å². The average molecular weight is 364 g/mol. The monoisotopic (exact) mass is 364 g/mol. The minimum Gasteiger partial charge on any atom is -0.333 e. The van der Waals surface area contributed by atoms with E-state index in [0.29, 0.717) is 5.69 Å². The average Bonchev–Trinajstić information content (AvgIpc) is 2.70. The van der Waals surface area contributed by atoms with Gasteiger partial charge in [-0.2, -0.15) is 0 Å². The summed E-state index contributed by atoms with van der Waals surface area (Å²) in [6, 6.07) is 2.82. The molecule has 140 valence electrons. The second kappa shape index (κ2) is 7.11. The summed E-state index contributed by atoms with van der Waals surface area (Å²) in [4.78, 5) is 50.5. The Balaban J connectivity index is 2.07. The van der Waals surface area contributed by atoms with Gasteiger partial charge in [0.05, 0.1) is 0 Å². The highest BCUT2D eigenvalue weighted by atomic mass is 19.1. The number of benzene rings is 1. The van der Waals surface area contributed by atoms with Gasteiger partial charge in [-0.15, -0.1) is 0 Å². The summed E-state index contributed by atoms with van der Waals surface area (Å²) in [5, 5.41) is 4.62. The van der Waals surface area contributed by atoms with Crippen molar-refractivity contribution in [1.82, 2.24) is 15.5 Å². The lowest BCUT2D eigenvalue weighted by molar-refractivity contribution is -0.131. The number of amides is 6. The first-order valence-electron chi connectivity index (χ1n) is 8.02. The van der Waals surface area contributed by atoms with E-state index in [-0.39, 0.29) is 0 Å². The molecule has 0 spiro atoms. The van der Waals surface area contributed by atoms with Gasteiger partial charge in [-0.1, -0.05) is 0 Å². The number of nitrogens with one attached hydrogen (secondary N) is 2. The van der Waals surface area contributed by atoms with E-state index in [4.69, 9.17) is 0 Å². The van der Waals surface area contributed by atoms with Crippen molar-refractivity contribution in [2.45, 2.75) is 39.3 Å². The van der Waals surface area contributed by atoms with E-state index in [0.717, 1.165) is 4.90 Å². The Morgan fingerprint density at radius 2 is 1.73 bits per heavy atom. The van der Waals surface area contributed by atoms with Crippen LogP contribution < -0.4 is 15.5 Å². The summed E-state index contributed by atoms with van der Waals surface area (Å²) in [5.74, 6) is -1.84. The van der Waals surface area contributed by atoms with Crippen LogP contribution in [-0.4, -0.2) is 46.9 Å². The smallest absolute Gasteiger partial charge is 0.332 e. The van der Waals surface area contributed by atoms with Gasteiger partial charge in [0.15, 0.2) is 0 Å². The van der Waals surface area contributed by atoms with Crippen molar-refractivity contribution in [1.29, 1.82) is 0 Å². The van der Waals surface area contributed by atoms with Crippen LogP contribution in [0.5, 0.6) is 0 Å². The largest absolute Gasteiger partial charge is 0.333 e. The normalized spacial score (nSPS) is 17.5. The minimum absolute atomic E-state index is 0.339. The molecule has 0 radical (unpaired) electrons. The highest BCUT2D eigenvalue weighted by molar-refractivity contribution is 6.15. The van der Waals surface area contributed by atoms with E-state index < -0.39 is 47.8 Å². The van der Waals surface area contributed by atoms with Crippen molar-refractivity contribution in [2.24, 2.45) is 0 Å². The Hall–Kier alpha value is -2.97. The fourth-order valence-corrected chi connectivity index (χ4v) is 2.49. The Morgan fingerprint density at radius 3 is 2.27 bits per heavy atom. The predicted molar refractivity (Wildman–Crippen MR) is 91.9 cm³/mol. The summed E-state index contributed by atoms with van der Waals surface area (Å²) in [6.45, 7) is 6.15. The van der Waals surface area contributed by atoms with Gasteiger partial charge in [0, 0.05) is 11.2 Å². The lowest BCUT2D eigenvalue weighted by atomic mass is 10.1. The molecule has 0 aliphatic carbocycles. The van der Waals surface area contributed by atoms with Gasteiger partial charge in [0.2, 0.25) is 5.91 Å². The van der Waals surface area contributed by atoms with Crippen LogP contribution in [0.25, 0.3) is 0 Å². The number of hydrogen-bond donors (Lipinski definition) is 2. The van der Waals surface area contributed by atoms with Crippen LogP contribution in [0.2, 0.25) is 0 Å². The highest BCUT2D eigenvalue weighted by Gasteiger charge is 2.44. The third kappa shape index (κ3) is 4.35. The quantitative estimate of drug-likeness (QED) is 0.796. The zero-order valence-electron chi connectivity index (χ0n) is 15.0. The number of imide groups is 2. The van der Waals surface area contributed by atoms with Crippen LogP contribution in [-0.2, 0) is 9.59 Å². The van der Waals surface area contributed by atoms with Gasteiger partial charge in [0.25, 0.3) is 5.91 Å². The topological polar surface area (TPSA) is 98.8 Å². The zero-order chi connectivity index (χ0) is 19.6. The molecule has 0 aromatic heterocycles. The first kappa shape index (κ1) is 19.4. The zero-order valence-corrected chi connectivity index (χ0v) is 15.0. The fourth-order valence-electron chi connectivity index (χ4n) is 2.49. The molecule has 1 aliphatic heterocycles. The summed E-state index contributed by atoms with van der Waals surface area (Å²) in [5.41, 5.74) is -0.206. The van der Waals surface area contributed by atoms with Crippen LogP contribution in [0.1, 0.15) is 27.7 Å². The summed E-state index contributed by atoms with van der Waals surface area (Å²) < 4.78 is 13.1. The second-order valence-electron chi connectivity index (χ2n) is 6.98. The second-order valence-corrected chi connectivity index (χ2v) is 6.98. The van der Waals surface area contributed by atoms with Crippen molar-refractivity contribution in [2.75, 3.05) is 11.4 Å². The summed E-state index contributed by atoms with van der Waals surface area (Å²) >= 11 is 0. The first-order chi connectivity index (χ1) is 12.0. The number of carbonyl (C=O) groups excluding carboxylic acids is 4. The van der Waals surface area contributed by atoms with E-state index in [1.54, 1.807) is 20.8 Å². The lowest BCUT2D eigenvalue weighted by Crippen LogP contribution is -2.51. The highest BCUT2D eigenvalue weighted by Crippen LogP contribution is 2.25. The molecule has 9 heteroatoms. The Kier molecular flexibility index (Phi) is 5.29. The molecule has 8 nitrogen and oxygen atoms in total. The predicted octanol–water partition coefficient (Wildman–Crippen LogP) is 1.61. The van der Waals surface area contributed by atoms with Crippen molar-refractivity contribution in [3.8, 4) is 0 Å². The molecule has 6 amide bonds. The Morgan fingerprint density at radius 1 is 1.15 bits per heavy atom. The number of rotatable bonds is 3.